The molecule has 1 aromatic carbocycles. The van der Waals surface area contributed by atoms with Crippen molar-refractivity contribution in [1.29, 1.82) is 0 Å². The molecule has 2 atom stereocenters. The van der Waals surface area contributed by atoms with Gasteiger partial charge in [0.25, 0.3) is 0 Å². The summed E-state index contributed by atoms with van der Waals surface area (Å²) >= 11 is 6.08. The van der Waals surface area contributed by atoms with E-state index >= 15 is 4.39 Å². The van der Waals surface area contributed by atoms with E-state index in [-0.39, 0.29) is 48.1 Å². The van der Waals surface area contributed by atoms with Crippen LogP contribution in [0.2, 0.25) is 5.02 Å². The van der Waals surface area contributed by atoms with Gasteiger partial charge in [-0.2, -0.15) is 0 Å². The molecule has 1 N–H and O–H groups in total. The molecule has 1 aliphatic heterocycles. The van der Waals surface area contributed by atoms with Crippen LogP contribution >= 0.6 is 11.6 Å². The zero-order chi connectivity index (χ0) is 21.1. The van der Waals surface area contributed by atoms with Crippen molar-refractivity contribution in [2.75, 3.05) is 26.4 Å². The summed E-state index contributed by atoms with van der Waals surface area (Å²) in [5.41, 5.74) is 0.0254. The lowest BCUT2D eigenvalue weighted by Crippen LogP contribution is -2.30. The Morgan fingerprint density at radius 1 is 1.46 bits per heavy atom. The molecular weight excluding hydrogens is 397 g/mol. The molecule has 0 radical (unpaired) electrons. The van der Waals surface area contributed by atoms with Crippen LogP contribution in [0.25, 0.3) is 0 Å². The van der Waals surface area contributed by atoms with Crippen LogP contribution in [0.5, 0.6) is 5.75 Å². The molecule has 0 aliphatic carbocycles. The van der Waals surface area contributed by atoms with Gasteiger partial charge in [0, 0.05) is 10.5 Å². The number of ether oxygens (including phenoxy) is 3. The minimum absolute atomic E-state index is 0.0275. The van der Waals surface area contributed by atoms with E-state index in [1.165, 1.54) is 6.07 Å². The van der Waals surface area contributed by atoms with Crippen molar-refractivity contribution >= 4 is 17.6 Å². The number of carbonyl (C=O) groups is 1. The molecule has 1 saturated heterocycles. The SMILES string of the molecule is CCOc1c(C2(C)OCCO2)cc(Cl)c(F)c1C(C[N+](=O)[O-])C(CC)C(=O)O. The number of nitro groups is 1. The molecule has 2 unspecified atom stereocenters. The highest BCUT2D eigenvalue weighted by Gasteiger charge is 2.43. The molecule has 1 fully saturated rings. The van der Waals surface area contributed by atoms with E-state index in [4.69, 9.17) is 25.8 Å². The van der Waals surface area contributed by atoms with Gasteiger partial charge in [-0.05, 0) is 26.3 Å². The number of benzene rings is 1. The fourth-order valence-electron chi connectivity index (χ4n) is 3.48. The van der Waals surface area contributed by atoms with Gasteiger partial charge in [-0.3, -0.25) is 14.9 Å². The van der Waals surface area contributed by atoms with Gasteiger partial charge in [-0.15, -0.1) is 0 Å². The van der Waals surface area contributed by atoms with Gasteiger partial charge < -0.3 is 19.3 Å². The molecule has 0 aromatic heterocycles. The largest absolute Gasteiger partial charge is 0.493 e. The average molecular weight is 420 g/mol. The summed E-state index contributed by atoms with van der Waals surface area (Å²) in [7, 11) is 0. The van der Waals surface area contributed by atoms with Crippen LogP contribution in [0, 0.1) is 21.8 Å². The molecule has 8 nitrogen and oxygen atoms in total. The highest BCUT2D eigenvalue weighted by molar-refractivity contribution is 6.31. The topological polar surface area (TPSA) is 108 Å². The highest BCUT2D eigenvalue weighted by Crippen LogP contribution is 2.46. The summed E-state index contributed by atoms with van der Waals surface area (Å²) in [6, 6.07) is 1.29. The Labute approximate surface area is 166 Å². The van der Waals surface area contributed by atoms with Gasteiger partial charge in [0.1, 0.15) is 11.6 Å². The summed E-state index contributed by atoms with van der Waals surface area (Å²) in [6.07, 6.45) is 0.0605. The van der Waals surface area contributed by atoms with Gasteiger partial charge in [-0.1, -0.05) is 18.5 Å². The molecule has 1 aliphatic rings. The van der Waals surface area contributed by atoms with Crippen molar-refractivity contribution in [2.24, 2.45) is 5.92 Å². The number of hydrogen-bond acceptors (Lipinski definition) is 6. The third kappa shape index (κ3) is 4.37. The van der Waals surface area contributed by atoms with Gasteiger partial charge in [-0.25, -0.2) is 4.39 Å². The summed E-state index contributed by atoms with van der Waals surface area (Å²) < 4.78 is 32.0. The molecule has 1 aromatic rings. The maximum absolute atomic E-state index is 15.1. The van der Waals surface area contributed by atoms with Gasteiger partial charge in [0.15, 0.2) is 5.79 Å². The van der Waals surface area contributed by atoms with Crippen LogP contribution in [0.3, 0.4) is 0 Å². The lowest BCUT2D eigenvalue weighted by atomic mass is 9.82. The molecule has 0 bridgehead atoms. The Morgan fingerprint density at radius 3 is 2.54 bits per heavy atom. The van der Waals surface area contributed by atoms with E-state index in [0.717, 1.165) is 0 Å². The molecule has 2 rings (SSSR count). The highest BCUT2D eigenvalue weighted by atomic mass is 35.5. The Balaban J connectivity index is 2.79. The number of aliphatic carboxylic acids is 1. The lowest BCUT2D eigenvalue weighted by molar-refractivity contribution is -0.484. The second-order valence-corrected chi connectivity index (χ2v) is 6.92. The number of carboxylic acids is 1. The number of halogens is 2. The maximum atomic E-state index is 15.1. The Morgan fingerprint density at radius 2 is 2.07 bits per heavy atom. The number of carboxylic acid groups (broad SMARTS) is 1. The van der Waals surface area contributed by atoms with E-state index in [1.807, 2.05) is 0 Å². The molecule has 156 valence electrons. The molecule has 1 heterocycles. The predicted octanol–water partition coefficient (Wildman–Crippen LogP) is 3.57. The smallest absolute Gasteiger partial charge is 0.307 e. The van der Waals surface area contributed by atoms with Gasteiger partial charge >= 0.3 is 5.97 Å². The molecule has 0 spiro atoms. The van der Waals surface area contributed by atoms with Crippen LogP contribution in [0.1, 0.15) is 44.2 Å². The monoisotopic (exact) mass is 419 g/mol. The lowest BCUT2D eigenvalue weighted by Gasteiger charge is -2.30. The van der Waals surface area contributed by atoms with Crippen molar-refractivity contribution < 1.29 is 33.4 Å². The number of rotatable bonds is 9. The fraction of sp³-hybridized carbons (Fsp3) is 0.611. The molecule has 0 saturated carbocycles. The van der Waals surface area contributed by atoms with E-state index in [9.17, 15) is 20.0 Å². The minimum atomic E-state index is -1.29. The average Bonchev–Trinajstić information content (AvgIpc) is 3.05. The third-order valence-electron chi connectivity index (χ3n) is 4.78. The second-order valence-electron chi connectivity index (χ2n) is 6.51. The first-order valence-corrected chi connectivity index (χ1v) is 9.31. The predicted molar refractivity (Wildman–Crippen MR) is 97.9 cm³/mol. The summed E-state index contributed by atoms with van der Waals surface area (Å²) in [5, 5.41) is 20.5. The fourth-order valence-corrected chi connectivity index (χ4v) is 3.69. The molecule has 0 amide bonds. The molecule has 28 heavy (non-hydrogen) atoms. The van der Waals surface area contributed by atoms with Crippen molar-refractivity contribution in [3.63, 3.8) is 0 Å². The zero-order valence-electron chi connectivity index (χ0n) is 15.9. The number of nitrogens with zero attached hydrogens (tertiary/aromatic N) is 1. The Bertz CT molecular complexity index is 752. The van der Waals surface area contributed by atoms with E-state index < -0.39 is 40.9 Å². The zero-order valence-corrected chi connectivity index (χ0v) is 16.6. The van der Waals surface area contributed by atoms with Crippen molar-refractivity contribution in [3.05, 3.63) is 38.1 Å². The first kappa shape index (κ1) is 22.3. The van der Waals surface area contributed by atoms with Gasteiger partial charge in [0.05, 0.1) is 42.2 Å². The first-order valence-electron chi connectivity index (χ1n) is 8.93. The minimum Gasteiger partial charge on any atom is -0.493 e. The van der Waals surface area contributed by atoms with E-state index in [2.05, 4.69) is 0 Å². The van der Waals surface area contributed by atoms with Crippen molar-refractivity contribution in [1.82, 2.24) is 0 Å². The Kier molecular flexibility index (Phi) is 7.19. The van der Waals surface area contributed by atoms with Crippen LogP contribution < -0.4 is 4.74 Å². The summed E-state index contributed by atoms with van der Waals surface area (Å²) in [5.74, 6) is -6.02. The number of hydrogen-bond donors (Lipinski definition) is 1. The summed E-state index contributed by atoms with van der Waals surface area (Å²) in [6.45, 7) is 4.74. The van der Waals surface area contributed by atoms with E-state index in [1.54, 1.807) is 20.8 Å². The Hall–Kier alpha value is -1.97. The van der Waals surface area contributed by atoms with E-state index in [0.29, 0.717) is 0 Å². The van der Waals surface area contributed by atoms with Crippen molar-refractivity contribution in [2.45, 2.75) is 38.9 Å². The third-order valence-corrected chi connectivity index (χ3v) is 5.06. The quantitative estimate of drug-likeness (QED) is 0.481. The summed E-state index contributed by atoms with van der Waals surface area (Å²) in [4.78, 5) is 22.3. The molecular formula is C18H23ClFNO7. The van der Waals surface area contributed by atoms with Crippen LogP contribution in [0.15, 0.2) is 6.07 Å². The van der Waals surface area contributed by atoms with Gasteiger partial charge in [0.2, 0.25) is 6.54 Å². The maximum Gasteiger partial charge on any atom is 0.307 e. The second kappa shape index (κ2) is 9.02. The normalized spacial score (nSPS) is 17.9. The molecule has 10 heteroatoms. The van der Waals surface area contributed by atoms with Crippen LogP contribution in [-0.4, -0.2) is 42.4 Å². The first-order chi connectivity index (χ1) is 13.2. The standard InChI is InChI=1S/C18H23ClFNO7/c1-4-10(17(22)23)11(9-21(24)25)14-15(20)13(19)8-12(16(14)26-5-2)18(3)27-6-7-28-18/h8,10-11H,4-7,9H2,1-3H3,(H,22,23). The van der Waals surface area contributed by atoms with Crippen LogP contribution in [-0.2, 0) is 20.1 Å². The van der Waals surface area contributed by atoms with Crippen LogP contribution in [0.4, 0.5) is 4.39 Å². The van der Waals surface area contributed by atoms with Crippen molar-refractivity contribution in [3.8, 4) is 5.75 Å².